The number of nitrogens with one attached hydrogen (secondary N) is 2. The van der Waals surface area contributed by atoms with Crippen molar-refractivity contribution in [2.75, 3.05) is 19.8 Å². The number of carbonyl (C=O) groups is 2. The molecular formula is C19H28N2O4. The summed E-state index contributed by atoms with van der Waals surface area (Å²) < 4.78 is 5.80. The monoisotopic (exact) mass is 348 g/mol. The molecule has 6 nitrogen and oxygen atoms in total. The summed E-state index contributed by atoms with van der Waals surface area (Å²) >= 11 is 0. The molecule has 1 aliphatic heterocycles. The Morgan fingerprint density at radius 3 is 2.56 bits per heavy atom. The third-order valence-electron chi connectivity index (χ3n) is 4.45. The van der Waals surface area contributed by atoms with Crippen LogP contribution in [0.25, 0.3) is 0 Å². The molecule has 0 radical (unpaired) electrons. The summed E-state index contributed by atoms with van der Waals surface area (Å²) in [6, 6.07) is 7.65. The molecule has 2 rings (SSSR count). The molecule has 0 unspecified atom stereocenters. The molecule has 6 heteroatoms. The molecule has 1 heterocycles. The van der Waals surface area contributed by atoms with Crippen molar-refractivity contribution in [3.05, 3.63) is 35.9 Å². The molecule has 0 saturated carbocycles. The average molecular weight is 348 g/mol. The van der Waals surface area contributed by atoms with Crippen LogP contribution in [0.15, 0.2) is 30.3 Å². The van der Waals surface area contributed by atoms with Crippen LogP contribution in [0.3, 0.4) is 0 Å². The summed E-state index contributed by atoms with van der Waals surface area (Å²) in [5.74, 6) is -0.536. The fourth-order valence-electron chi connectivity index (χ4n) is 3.18. The first-order chi connectivity index (χ1) is 11.8. The molecule has 2 amide bonds. The van der Waals surface area contributed by atoms with Crippen LogP contribution < -0.4 is 10.6 Å². The first kappa shape index (κ1) is 19.4. The molecule has 0 spiro atoms. The van der Waals surface area contributed by atoms with E-state index in [-0.39, 0.29) is 29.3 Å². The van der Waals surface area contributed by atoms with Gasteiger partial charge in [-0.2, -0.15) is 0 Å². The molecule has 0 aliphatic carbocycles. The average Bonchev–Trinajstić information content (AvgIpc) is 3.07. The largest absolute Gasteiger partial charge is 0.394 e. The van der Waals surface area contributed by atoms with Gasteiger partial charge in [-0.1, -0.05) is 39.0 Å². The number of ether oxygens (including phenoxy) is 1. The number of hydrogen-bond donors (Lipinski definition) is 3. The Bertz CT molecular complexity index is 583. The second kappa shape index (κ2) is 8.45. The highest BCUT2D eigenvalue weighted by atomic mass is 16.5. The van der Waals surface area contributed by atoms with E-state index in [9.17, 15) is 14.7 Å². The zero-order chi connectivity index (χ0) is 18.4. The Hall–Kier alpha value is -1.92. The fourth-order valence-corrected chi connectivity index (χ4v) is 3.18. The quantitative estimate of drug-likeness (QED) is 0.724. The van der Waals surface area contributed by atoms with Crippen LogP contribution in [-0.4, -0.2) is 48.8 Å². The van der Waals surface area contributed by atoms with Gasteiger partial charge in [0.15, 0.2) is 0 Å². The summed E-state index contributed by atoms with van der Waals surface area (Å²) in [5, 5.41) is 14.9. The van der Waals surface area contributed by atoms with Crippen LogP contribution in [0.4, 0.5) is 0 Å². The lowest BCUT2D eigenvalue weighted by molar-refractivity contribution is -0.124. The highest BCUT2D eigenvalue weighted by Crippen LogP contribution is 2.34. The smallest absolute Gasteiger partial charge is 0.251 e. The number of hydrogen-bond acceptors (Lipinski definition) is 4. The topological polar surface area (TPSA) is 87.7 Å². The van der Waals surface area contributed by atoms with Gasteiger partial charge in [-0.15, -0.1) is 0 Å². The molecule has 1 aromatic rings. The summed E-state index contributed by atoms with van der Waals surface area (Å²) in [4.78, 5) is 24.5. The maximum Gasteiger partial charge on any atom is 0.251 e. The van der Waals surface area contributed by atoms with Crippen molar-refractivity contribution in [1.82, 2.24) is 10.6 Å². The summed E-state index contributed by atoms with van der Waals surface area (Å²) in [7, 11) is 0. The molecule has 3 N–H and O–H groups in total. The standard InChI is InChI=1S/C19H28N2O4/c1-19(2,3)16-14(9-10-25-16)11-20-18(24)15(12-22)21-17(23)13-7-5-4-6-8-13/h4-8,14-16,22H,9-12H2,1-3H3,(H,20,24)(H,21,23)/t14-,15-,16+/m1/s1. The molecule has 1 saturated heterocycles. The van der Waals surface area contributed by atoms with Gasteiger partial charge in [0.25, 0.3) is 5.91 Å². The van der Waals surface area contributed by atoms with Gasteiger partial charge in [-0.3, -0.25) is 9.59 Å². The Labute approximate surface area is 149 Å². The lowest BCUT2D eigenvalue weighted by Gasteiger charge is -2.31. The molecule has 1 aromatic carbocycles. The third-order valence-corrected chi connectivity index (χ3v) is 4.45. The van der Waals surface area contributed by atoms with Crippen molar-refractivity contribution >= 4 is 11.8 Å². The molecule has 3 atom stereocenters. The minimum absolute atomic E-state index is 0.00377. The van der Waals surface area contributed by atoms with Gasteiger partial charge < -0.3 is 20.5 Å². The highest BCUT2D eigenvalue weighted by Gasteiger charge is 2.37. The molecule has 1 aliphatic rings. The lowest BCUT2D eigenvalue weighted by Crippen LogP contribution is -2.50. The van der Waals surface area contributed by atoms with Gasteiger partial charge in [0, 0.05) is 24.6 Å². The van der Waals surface area contributed by atoms with Crippen molar-refractivity contribution < 1.29 is 19.4 Å². The minimum atomic E-state index is -0.969. The molecular weight excluding hydrogens is 320 g/mol. The van der Waals surface area contributed by atoms with E-state index in [1.807, 2.05) is 6.07 Å². The van der Waals surface area contributed by atoms with Gasteiger partial charge >= 0.3 is 0 Å². The number of rotatable bonds is 6. The first-order valence-corrected chi connectivity index (χ1v) is 8.69. The van der Waals surface area contributed by atoms with E-state index in [1.54, 1.807) is 24.3 Å². The second-order valence-electron chi connectivity index (χ2n) is 7.53. The number of aliphatic hydroxyl groups excluding tert-OH is 1. The maximum absolute atomic E-state index is 12.3. The second-order valence-corrected chi connectivity index (χ2v) is 7.53. The lowest BCUT2D eigenvalue weighted by atomic mass is 9.81. The van der Waals surface area contributed by atoms with E-state index in [2.05, 4.69) is 31.4 Å². The Morgan fingerprint density at radius 2 is 1.96 bits per heavy atom. The highest BCUT2D eigenvalue weighted by molar-refractivity contribution is 5.97. The van der Waals surface area contributed by atoms with E-state index in [0.29, 0.717) is 18.7 Å². The van der Waals surface area contributed by atoms with Crippen LogP contribution >= 0.6 is 0 Å². The van der Waals surface area contributed by atoms with E-state index < -0.39 is 12.6 Å². The van der Waals surface area contributed by atoms with Gasteiger partial charge in [0.05, 0.1) is 12.7 Å². The van der Waals surface area contributed by atoms with E-state index in [0.717, 1.165) is 6.42 Å². The zero-order valence-corrected chi connectivity index (χ0v) is 15.1. The molecule has 138 valence electrons. The summed E-state index contributed by atoms with van der Waals surface area (Å²) in [6.07, 6.45) is 0.974. The number of carbonyl (C=O) groups excluding carboxylic acids is 2. The van der Waals surface area contributed by atoms with Crippen LogP contribution in [0.5, 0.6) is 0 Å². The van der Waals surface area contributed by atoms with Gasteiger partial charge in [0.2, 0.25) is 5.91 Å². The zero-order valence-electron chi connectivity index (χ0n) is 15.1. The van der Waals surface area contributed by atoms with Crippen LogP contribution in [0.2, 0.25) is 0 Å². The molecule has 25 heavy (non-hydrogen) atoms. The van der Waals surface area contributed by atoms with Gasteiger partial charge in [-0.05, 0) is 24.0 Å². The Balaban J connectivity index is 1.89. The maximum atomic E-state index is 12.3. The molecule has 0 aromatic heterocycles. The number of aliphatic hydroxyl groups is 1. The Kier molecular flexibility index (Phi) is 6.56. The number of amides is 2. The molecule has 0 bridgehead atoms. The normalized spacial score (nSPS) is 21.6. The van der Waals surface area contributed by atoms with Crippen LogP contribution in [0, 0.1) is 11.3 Å². The van der Waals surface area contributed by atoms with Crippen molar-refractivity contribution in [3.8, 4) is 0 Å². The van der Waals surface area contributed by atoms with Crippen molar-refractivity contribution in [2.24, 2.45) is 11.3 Å². The van der Waals surface area contributed by atoms with E-state index in [4.69, 9.17) is 4.74 Å². The van der Waals surface area contributed by atoms with Crippen LogP contribution in [-0.2, 0) is 9.53 Å². The Morgan fingerprint density at radius 1 is 1.28 bits per heavy atom. The van der Waals surface area contributed by atoms with E-state index >= 15 is 0 Å². The predicted octanol–water partition coefficient (Wildman–Crippen LogP) is 1.34. The first-order valence-electron chi connectivity index (χ1n) is 8.69. The fraction of sp³-hybridized carbons (Fsp3) is 0.579. The van der Waals surface area contributed by atoms with Crippen LogP contribution in [0.1, 0.15) is 37.6 Å². The van der Waals surface area contributed by atoms with Crippen molar-refractivity contribution in [2.45, 2.75) is 39.3 Å². The summed E-state index contributed by atoms with van der Waals surface area (Å²) in [5.41, 5.74) is 0.454. The number of benzene rings is 1. The van der Waals surface area contributed by atoms with Gasteiger partial charge in [-0.25, -0.2) is 0 Å². The van der Waals surface area contributed by atoms with Crippen molar-refractivity contribution in [1.29, 1.82) is 0 Å². The molecule has 1 fully saturated rings. The minimum Gasteiger partial charge on any atom is -0.394 e. The van der Waals surface area contributed by atoms with Crippen molar-refractivity contribution in [3.63, 3.8) is 0 Å². The van der Waals surface area contributed by atoms with E-state index in [1.165, 1.54) is 0 Å². The third kappa shape index (κ3) is 5.28. The SMILES string of the molecule is CC(C)(C)[C@H]1OCC[C@@H]1CNC(=O)[C@@H](CO)NC(=O)c1ccccc1. The predicted molar refractivity (Wildman–Crippen MR) is 95.1 cm³/mol. The van der Waals surface area contributed by atoms with Gasteiger partial charge in [0.1, 0.15) is 6.04 Å². The summed E-state index contributed by atoms with van der Waals surface area (Å²) in [6.45, 7) is 7.07.